The first kappa shape index (κ1) is 19.4. The van der Waals surface area contributed by atoms with Gasteiger partial charge in [-0.1, -0.05) is 15.9 Å². The topological polar surface area (TPSA) is 52.7 Å². The lowest BCUT2D eigenvalue weighted by atomic mass is 10.1. The van der Waals surface area contributed by atoms with Gasteiger partial charge in [-0.3, -0.25) is 14.5 Å². The maximum Gasteiger partial charge on any atom is 0.256 e. The van der Waals surface area contributed by atoms with E-state index in [0.717, 1.165) is 0 Å². The maximum atomic E-state index is 13.9. The Balaban J connectivity index is 1.51. The summed E-state index contributed by atoms with van der Waals surface area (Å²) in [7, 11) is 0. The molecule has 0 aromatic heterocycles. The van der Waals surface area contributed by atoms with Gasteiger partial charge in [0.25, 0.3) is 5.91 Å². The van der Waals surface area contributed by atoms with Crippen LogP contribution in [0.3, 0.4) is 0 Å². The van der Waals surface area contributed by atoms with Crippen LogP contribution in [0, 0.1) is 11.6 Å². The zero-order valence-corrected chi connectivity index (χ0v) is 16.0. The highest BCUT2D eigenvalue weighted by molar-refractivity contribution is 9.10. The van der Waals surface area contributed by atoms with Crippen molar-refractivity contribution in [1.82, 2.24) is 9.80 Å². The number of carbonyl (C=O) groups is 2. The van der Waals surface area contributed by atoms with Gasteiger partial charge in [-0.25, -0.2) is 8.78 Å². The third-order valence-corrected chi connectivity index (χ3v) is 4.81. The Bertz CT molecular complexity index is 837. The van der Waals surface area contributed by atoms with Crippen LogP contribution in [0.4, 0.5) is 14.5 Å². The van der Waals surface area contributed by atoms with Crippen molar-refractivity contribution in [3.05, 3.63) is 64.1 Å². The van der Waals surface area contributed by atoms with Crippen LogP contribution >= 0.6 is 15.9 Å². The highest BCUT2D eigenvalue weighted by Gasteiger charge is 2.25. The fraction of sp³-hybridized carbons (Fsp3) is 0.263. The predicted molar refractivity (Wildman–Crippen MR) is 101 cm³/mol. The standard InChI is InChI=1S/C19H18BrF2N3O2/c20-13-1-6-17(22)16(11-13)19(27)25-9-7-24(8-10-25)12-18(26)23-15-4-2-14(21)3-5-15/h1-6,11H,7-10,12H2,(H,23,26). The van der Waals surface area contributed by atoms with Crippen LogP contribution in [0.15, 0.2) is 46.9 Å². The van der Waals surface area contributed by atoms with Crippen LogP contribution in [0.5, 0.6) is 0 Å². The number of nitrogens with one attached hydrogen (secondary N) is 1. The number of hydrogen-bond acceptors (Lipinski definition) is 3. The molecule has 0 atom stereocenters. The molecule has 1 fully saturated rings. The van der Waals surface area contributed by atoms with Crippen molar-refractivity contribution in [3.63, 3.8) is 0 Å². The first-order chi connectivity index (χ1) is 12.9. The first-order valence-electron chi connectivity index (χ1n) is 8.44. The van der Waals surface area contributed by atoms with Gasteiger partial charge in [-0.15, -0.1) is 0 Å². The van der Waals surface area contributed by atoms with Crippen molar-refractivity contribution in [2.24, 2.45) is 0 Å². The minimum atomic E-state index is -0.552. The summed E-state index contributed by atoms with van der Waals surface area (Å²) < 4.78 is 27.4. The lowest BCUT2D eigenvalue weighted by molar-refractivity contribution is -0.117. The van der Waals surface area contributed by atoms with E-state index in [4.69, 9.17) is 0 Å². The number of anilines is 1. The second-order valence-corrected chi connectivity index (χ2v) is 7.16. The van der Waals surface area contributed by atoms with Crippen LogP contribution in [0.2, 0.25) is 0 Å². The zero-order chi connectivity index (χ0) is 19.4. The zero-order valence-electron chi connectivity index (χ0n) is 14.4. The molecule has 1 saturated heterocycles. The van der Waals surface area contributed by atoms with Crippen molar-refractivity contribution in [2.75, 3.05) is 38.0 Å². The molecule has 0 saturated carbocycles. The van der Waals surface area contributed by atoms with Gasteiger partial charge in [0.1, 0.15) is 11.6 Å². The monoisotopic (exact) mass is 437 g/mol. The van der Waals surface area contributed by atoms with Crippen molar-refractivity contribution in [3.8, 4) is 0 Å². The minimum absolute atomic E-state index is 0.0341. The molecule has 0 aliphatic carbocycles. The number of halogens is 3. The fourth-order valence-electron chi connectivity index (χ4n) is 2.88. The molecule has 3 rings (SSSR count). The van der Waals surface area contributed by atoms with Crippen LogP contribution in [-0.4, -0.2) is 54.3 Å². The SMILES string of the molecule is O=C(CN1CCN(C(=O)c2cc(Br)ccc2F)CC1)Nc1ccc(F)cc1. The van der Waals surface area contributed by atoms with Gasteiger partial charge < -0.3 is 10.2 Å². The smallest absolute Gasteiger partial charge is 0.256 e. The number of hydrogen-bond donors (Lipinski definition) is 1. The van der Waals surface area contributed by atoms with Crippen molar-refractivity contribution in [2.45, 2.75) is 0 Å². The number of benzene rings is 2. The molecule has 142 valence electrons. The molecule has 1 N–H and O–H groups in total. The predicted octanol–water partition coefficient (Wildman–Crippen LogP) is 3.12. The Hall–Kier alpha value is -2.32. The van der Waals surface area contributed by atoms with Gasteiger partial charge in [-0.2, -0.15) is 0 Å². The summed E-state index contributed by atoms with van der Waals surface area (Å²) in [6, 6.07) is 9.83. The number of amides is 2. The van der Waals surface area contributed by atoms with E-state index >= 15 is 0 Å². The molecule has 27 heavy (non-hydrogen) atoms. The minimum Gasteiger partial charge on any atom is -0.336 e. The molecule has 0 radical (unpaired) electrons. The van der Waals surface area contributed by atoms with Crippen LogP contribution < -0.4 is 5.32 Å². The van der Waals surface area contributed by atoms with E-state index in [1.165, 1.54) is 36.4 Å². The molecule has 2 aromatic rings. The number of carbonyl (C=O) groups excluding carboxylic acids is 2. The normalized spacial score (nSPS) is 14.9. The molecule has 5 nitrogen and oxygen atoms in total. The van der Waals surface area contributed by atoms with Gasteiger partial charge >= 0.3 is 0 Å². The summed E-state index contributed by atoms with van der Waals surface area (Å²) >= 11 is 3.25. The van der Waals surface area contributed by atoms with Crippen molar-refractivity contribution >= 4 is 33.4 Å². The Labute approximate surface area is 164 Å². The van der Waals surface area contributed by atoms with Crippen LogP contribution in [0.25, 0.3) is 0 Å². The molecule has 2 amide bonds. The van der Waals surface area contributed by atoms with E-state index < -0.39 is 5.82 Å². The lowest BCUT2D eigenvalue weighted by Crippen LogP contribution is -2.50. The molecule has 1 aliphatic heterocycles. The molecule has 0 unspecified atom stereocenters. The second kappa shape index (κ2) is 8.58. The molecular formula is C19H18BrF2N3O2. The average Bonchev–Trinajstić information content (AvgIpc) is 2.65. The second-order valence-electron chi connectivity index (χ2n) is 6.25. The maximum absolute atomic E-state index is 13.9. The molecule has 0 bridgehead atoms. The molecule has 1 aliphatic rings. The van der Waals surface area contributed by atoms with Gasteiger partial charge in [0.2, 0.25) is 5.91 Å². The summed E-state index contributed by atoms with van der Waals surface area (Å²) in [6.07, 6.45) is 0. The third-order valence-electron chi connectivity index (χ3n) is 4.31. The first-order valence-corrected chi connectivity index (χ1v) is 9.24. The molecule has 2 aromatic carbocycles. The summed E-state index contributed by atoms with van der Waals surface area (Å²) in [5.74, 6) is -1.48. The van der Waals surface area contributed by atoms with Crippen LogP contribution in [0.1, 0.15) is 10.4 Å². The fourth-order valence-corrected chi connectivity index (χ4v) is 3.24. The quantitative estimate of drug-likeness (QED) is 0.799. The van der Waals surface area contributed by atoms with E-state index in [-0.39, 0.29) is 29.7 Å². The highest BCUT2D eigenvalue weighted by atomic mass is 79.9. The summed E-state index contributed by atoms with van der Waals surface area (Å²) in [5.41, 5.74) is 0.562. The Morgan fingerprint density at radius 2 is 1.67 bits per heavy atom. The van der Waals surface area contributed by atoms with E-state index in [0.29, 0.717) is 36.3 Å². The van der Waals surface area contributed by atoms with Crippen LogP contribution in [-0.2, 0) is 4.79 Å². The van der Waals surface area contributed by atoms with Gasteiger partial charge in [0, 0.05) is 36.3 Å². The third kappa shape index (κ3) is 5.11. The van der Waals surface area contributed by atoms with E-state index in [1.807, 2.05) is 4.90 Å². The van der Waals surface area contributed by atoms with Gasteiger partial charge in [0.05, 0.1) is 12.1 Å². The lowest BCUT2D eigenvalue weighted by Gasteiger charge is -2.34. The van der Waals surface area contributed by atoms with Crippen molar-refractivity contribution < 1.29 is 18.4 Å². The van der Waals surface area contributed by atoms with Gasteiger partial charge in [-0.05, 0) is 42.5 Å². The number of rotatable bonds is 4. The number of piperazine rings is 1. The largest absolute Gasteiger partial charge is 0.336 e. The molecule has 8 heteroatoms. The van der Waals surface area contributed by atoms with E-state index in [9.17, 15) is 18.4 Å². The molecular weight excluding hydrogens is 420 g/mol. The summed E-state index contributed by atoms with van der Waals surface area (Å²) in [4.78, 5) is 28.1. The molecule has 0 spiro atoms. The van der Waals surface area contributed by atoms with E-state index in [2.05, 4.69) is 21.2 Å². The Kier molecular flexibility index (Phi) is 6.18. The Morgan fingerprint density at radius 1 is 1.00 bits per heavy atom. The van der Waals surface area contributed by atoms with Gasteiger partial charge in [0.15, 0.2) is 0 Å². The number of nitrogens with zero attached hydrogens (tertiary/aromatic N) is 2. The van der Waals surface area contributed by atoms with Crippen molar-refractivity contribution in [1.29, 1.82) is 0 Å². The average molecular weight is 438 g/mol. The Morgan fingerprint density at radius 3 is 2.33 bits per heavy atom. The highest BCUT2D eigenvalue weighted by Crippen LogP contribution is 2.18. The summed E-state index contributed by atoms with van der Waals surface area (Å²) in [5, 5.41) is 2.71. The molecule has 1 heterocycles. The van der Waals surface area contributed by atoms with E-state index in [1.54, 1.807) is 11.0 Å². The summed E-state index contributed by atoms with van der Waals surface area (Å²) in [6.45, 7) is 2.02.